The van der Waals surface area contributed by atoms with Gasteiger partial charge in [0, 0.05) is 18.4 Å². The highest BCUT2D eigenvalue weighted by Gasteiger charge is 2.58. The molecule has 0 spiro atoms. The number of fused-ring (bicyclic) bond motifs is 5. The third-order valence-electron chi connectivity index (χ3n) is 8.71. The highest BCUT2D eigenvalue weighted by Crippen LogP contribution is 2.65. The van der Waals surface area contributed by atoms with Crippen molar-refractivity contribution < 1.29 is 0 Å². The second-order valence-corrected chi connectivity index (χ2v) is 9.62. The van der Waals surface area contributed by atoms with Crippen molar-refractivity contribution in [3.05, 3.63) is 36.2 Å². The molecule has 3 aliphatic carbocycles. The van der Waals surface area contributed by atoms with Gasteiger partial charge in [0.25, 0.3) is 0 Å². The van der Waals surface area contributed by atoms with Gasteiger partial charge in [0.15, 0.2) is 0 Å². The van der Waals surface area contributed by atoms with E-state index in [-0.39, 0.29) is 0 Å². The summed E-state index contributed by atoms with van der Waals surface area (Å²) in [5.41, 5.74) is 3.87. The molecule has 134 valence electrons. The molecule has 1 saturated heterocycles. The Labute approximate surface area is 152 Å². The van der Waals surface area contributed by atoms with E-state index < -0.39 is 0 Å². The van der Waals surface area contributed by atoms with Crippen LogP contribution in [0, 0.1) is 28.6 Å². The Morgan fingerprint density at radius 2 is 2.04 bits per heavy atom. The number of nitrogens with one attached hydrogen (secondary N) is 1. The van der Waals surface area contributed by atoms with Crippen LogP contribution < -0.4 is 5.32 Å². The van der Waals surface area contributed by atoms with Crippen molar-refractivity contribution in [1.29, 1.82) is 0 Å². The molecule has 25 heavy (non-hydrogen) atoms. The molecule has 4 aliphatic rings. The molecule has 3 fully saturated rings. The molecule has 1 aromatic heterocycles. The predicted octanol–water partition coefficient (Wildman–Crippen LogP) is 5.07. The Balaban J connectivity index is 1.46. The Morgan fingerprint density at radius 3 is 2.88 bits per heavy atom. The Kier molecular flexibility index (Phi) is 3.64. The van der Waals surface area contributed by atoms with Crippen LogP contribution in [-0.2, 0) is 0 Å². The van der Waals surface area contributed by atoms with Gasteiger partial charge in [0.2, 0.25) is 0 Å². The number of rotatable bonds is 1. The molecule has 6 atom stereocenters. The molecular formula is C23H32N2. The third-order valence-corrected chi connectivity index (χ3v) is 8.71. The van der Waals surface area contributed by atoms with Crippen molar-refractivity contribution >= 4 is 5.57 Å². The maximum absolute atomic E-state index is 4.40. The van der Waals surface area contributed by atoms with Crippen LogP contribution in [0.15, 0.2) is 30.6 Å². The van der Waals surface area contributed by atoms with Crippen LogP contribution in [0.5, 0.6) is 0 Å². The van der Waals surface area contributed by atoms with Gasteiger partial charge >= 0.3 is 0 Å². The molecule has 2 nitrogen and oxygen atoms in total. The van der Waals surface area contributed by atoms with Gasteiger partial charge in [-0.1, -0.05) is 26.0 Å². The summed E-state index contributed by atoms with van der Waals surface area (Å²) in [4.78, 5) is 4.40. The molecule has 1 N–H and O–H groups in total. The zero-order valence-corrected chi connectivity index (χ0v) is 15.8. The molecule has 0 aromatic carbocycles. The second kappa shape index (κ2) is 5.67. The van der Waals surface area contributed by atoms with E-state index in [1.165, 1.54) is 57.1 Å². The van der Waals surface area contributed by atoms with Crippen molar-refractivity contribution in [3.8, 4) is 0 Å². The highest BCUT2D eigenvalue weighted by molar-refractivity contribution is 5.72. The first-order valence-electron chi connectivity index (χ1n) is 10.5. The summed E-state index contributed by atoms with van der Waals surface area (Å²) in [6, 6.07) is 5.14. The molecule has 0 radical (unpaired) electrons. The van der Waals surface area contributed by atoms with E-state index in [4.69, 9.17) is 0 Å². The maximum atomic E-state index is 4.40. The Bertz CT molecular complexity index is 681. The van der Waals surface area contributed by atoms with E-state index in [9.17, 15) is 0 Å². The van der Waals surface area contributed by atoms with E-state index in [1.54, 1.807) is 5.57 Å². The fraction of sp³-hybridized carbons (Fsp3) is 0.696. The molecule has 2 heterocycles. The van der Waals surface area contributed by atoms with E-state index in [1.807, 2.05) is 6.20 Å². The summed E-state index contributed by atoms with van der Waals surface area (Å²) in [5, 5.41) is 3.88. The smallest absolute Gasteiger partial charge is 0.0343 e. The minimum absolute atomic E-state index is 0.371. The summed E-state index contributed by atoms with van der Waals surface area (Å²) in [7, 11) is 0. The third kappa shape index (κ3) is 2.22. The molecule has 2 heteroatoms. The number of hydrogen-bond donors (Lipinski definition) is 1. The predicted molar refractivity (Wildman–Crippen MR) is 103 cm³/mol. The maximum Gasteiger partial charge on any atom is 0.0343 e. The van der Waals surface area contributed by atoms with E-state index in [0.717, 1.165) is 23.8 Å². The minimum Gasteiger partial charge on any atom is -0.313 e. The van der Waals surface area contributed by atoms with Crippen LogP contribution in [0.25, 0.3) is 5.57 Å². The van der Waals surface area contributed by atoms with Crippen molar-refractivity contribution in [3.63, 3.8) is 0 Å². The van der Waals surface area contributed by atoms with E-state index in [0.29, 0.717) is 10.8 Å². The van der Waals surface area contributed by atoms with Gasteiger partial charge in [0.1, 0.15) is 0 Å². The fourth-order valence-electron chi connectivity index (χ4n) is 7.43. The zero-order valence-electron chi connectivity index (χ0n) is 15.8. The molecule has 5 rings (SSSR count). The highest BCUT2D eigenvalue weighted by atomic mass is 15.0. The van der Waals surface area contributed by atoms with Crippen LogP contribution in [0.4, 0.5) is 0 Å². The first kappa shape index (κ1) is 16.1. The van der Waals surface area contributed by atoms with Gasteiger partial charge in [0.05, 0.1) is 0 Å². The normalized spacial score (nSPS) is 45.9. The molecule has 2 unspecified atom stereocenters. The van der Waals surface area contributed by atoms with Crippen molar-refractivity contribution in [1.82, 2.24) is 10.3 Å². The lowest BCUT2D eigenvalue weighted by Gasteiger charge is -2.60. The zero-order chi connectivity index (χ0) is 17.1. The number of allylic oxidation sites excluding steroid dienone is 2. The number of hydrogen-bond acceptors (Lipinski definition) is 2. The first-order chi connectivity index (χ1) is 12.1. The summed E-state index contributed by atoms with van der Waals surface area (Å²) < 4.78 is 0. The van der Waals surface area contributed by atoms with Gasteiger partial charge in [-0.15, -0.1) is 0 Å². The van der Waals surface area contributed by atoms with Crippen LogP contribution in [0.2, 0.25) is 0 Å². The summed E-state index contributed by atoms with van der Waals surface area (Å²) >= 11 is 0. The van der Waals surface area contributed by atoms with Crippen LogP contribution in [-0.4, -0.2) is 17.6 Å². The van der Waals surface area contributed by atoms with Gasteiger partial charge in [-0.3, -0.25) is 4.98 Å². The summed E-state index contributed by atoms with van der Waals surface area (Å²) in [6.07, 6.45) is 16.3. The first-order valence-corrected chi connectivity index (χ1v) is 10.5. The monoisotopic (exact) mass is 336 g/mol. The SMILES string of the molecule is C[C@]12CCCNC1CC[C@@H]1C2CC[C@]2(C)C(c3cccnc3)=CC[C@@H]12. The van der Waals surface area contributed by atoms with Gasteiger partial charge in [-0.25, -0.2) is 0 Å². The Morgan fingerprint density at radius 1 is 1.12 bits per heavy atom. The lowest BCUT2D eigenvalue weighted by molar-refractivity contribution is -0.0759. The summed E-state index contributed by atoms with van der Waals surface area (Å²) in [6.45, 7) is 6.42. The van der Waals surface area contributed by atoms with Crippen molar-refractivity contribution in [2.75, 3.05) is 6.54 Å². The lowest BCUT2D eigenvalue weighted by atomic mass is 9.47. The van der Waals surface area contributed by atoms with E-state index in [2.05, 4.69) is 48.6 Å². The molecule has 0 amide bonds. The van der Waals surface area contributed by atoms with Gasteiger partial charge in [-0.2, -0.15) is 0 Å². The largest absolute Gasteiger partial charge is 0.313 e. The number of aromatic nitrogens is 1. The number of piperidine rings is 1. The quantitative estimate of drug-likeness (QED) is 0.774. The lowest BCUT2D eigenvalue weighted by Crippen LogP contribution is -2.59. The van der Waals surface area contributed by atoms with Crippen LogP contribution >= 0.6 is 0 Å². The van der Waals surface area contributed by atoms with Crippen LogP contribution in [0.3, 0.4) is 0 Å². The minimum atomic E-state index is 0.371. The average molecular weight is 337 g/mol. The fourth-order valence-corrected chi connectivity index (χ4v) is 7.43. The number of nitrogens with zero attached hydrogens (tertiary/aromatic N) is 1. The van der Waals surface area contributed by atoms with Crippen molar-refractivity contribution in [2.24, 2.45) is 28.6 Å². The topological polar surface area (TPSA) is 24.9 Å². The molecule has 2 saturated carbocycles. The van der Waals surface area contributed by atoms with Crippen LogP contribution in [0.1, 0.15) is 64.4 Å². The molecule has 1 aliphatic heterocycles. The molecular weight excluding hydrogens is 304 g/mol. The van der Waals surface area contributed by atoms with Gasteiger partial charge in [-0.05, 0) is 97.3 Å². The second-order valence-electron chi connectivity index (χ2n) is 9.62. The van der Waals surface area contributed by atoms with Gasteiger partial charge < -0.3 is 5.32 Å². The average Bonchev–Trinajstić information content (AvgIpc) is 2.99. The van der Waals surface area contributed by atoms with E-state index >= 15 is 0 Å². The Hall–Kier alpha value is -1.15. The van der Waals surface area contributed by atoms with Crippen molar-refractivity contribution in [2.45, 2.75) is 64.8 Å². The molecule has 0 bridgehead atoms. The standard InChI is InChI=1S/C23H32N2/c1-22-12-10-20-17(6-9-21-23(20,2)11-4-14-25-21)19(22)8-7-18(22)16-5-3-13-24-15-16/h3,5,7,13,15,17,19-21,25H,4,6,8-12,14H2,1-2H3/t17-,19-,20?,21?,22+,23+/m0/s1. The number of pyridine rings is 1. The molecule has 1 aromatic rings. The summed E-state index contributed by atoms with van der Waals surface area (Å²) in [5.74, 6) is 2.70.